The lowest BCUT2D eigenvalue weighted by Gasteiger charge is -2.13. The summed E-state index contributed by atoms with van der Waals surface area (Å²) in [6.07, 6.45) is 1.63. The molecule has 0 atom stereocenters. The minimum Gasteiger partial charge on any atom is -0.494 e. The first-order chi connectivity index (χ1) is 15.6. The van der Waals surface area contributed by atoms with Crippen LogP contribution in [0.3, 0.4) is 0 Å². The molecule has 1 amide bonds. The molecule has 3 rings (SSSR count). The molecule has 0 saturated carbocycles. The zero-order valence-corrected chi connectivity index (χ0v) is 18.6. The van der Waals surface area contributed by atoms with E-state index >= 15 is 0 Å². The molecule has 32 heavy (non-hydrogen) atoms. The molecule has 0 saturated heterocycles. The second-order valence-corrected chi connectivity index (χ2v) is 7.24. The molecular weight excluding hydrogens is 430 g/mol. The van der Waals surface area contributed by atoms with Gasteiger partial charge in [0.25, 0.3) is 5.91 Å². The molecule has 0 fully saturated rings. The summed E-state index contributed by atoms with van der Waals surface area (Å²) in [7, 11) is 0. The van der Waals surface area contributed by atoms with E-state index in [2.05, 4.69) is 20.8 Å². The Bertz CT molecular complexity index is 1050. The number of benzene rings is 2. The number of nitrogens with two attached hydrogens (primary N) is 1. The molecule has 0 aliphatic heterocycles. The second-order valence-electron chi connectivity index (χ2n) is 6.38. The van der Waals surface area contributed by atoms with Crippen molar-refractivity contribution in [2.45, 2.75) is 13.8 Å². The van der Waals surface area contributed by atoms with Crippen LogP contribution < -0.4 is 30.7 Å². The van der Waals surface area contributed by atoms with E-state index in [9.17, 15) is 4.79 Å². The maximum atomic E-state index is 12.3. The van der Waals surface area contributed by atoms with Crippen LogP contribution in [-0.2, 0) is 4.79 Å². The zero-order chi connectivity index (χ0) is 22.8. The van der Waals surface area contributed by atoms with Gasteiger partial charge in [-0.2, -0.15) is 5.10 Å². The van der Waals surface area contributed by atoms with Crippen molar-refractivity contribution in [1.82, 2.24) is 4.98 Å². The number of nitrogen functional groups attached to an aromatic ring is 1. The van der Waals surface area contributed by atoms with E-state index in [4.69, 9.17) is 19.9 Å². The second kappa shape index (κ2) is 11.6. The van der Waals surface area contributed by atoms with Crippen molar-refractivity contribution < 1.29 is 19.0 Å². The van der Waals surface area contributed by atoms with Gasteiger partial charge in [0.15, 0.2) is 18.1 Å². The molecule has 0 unspecified atom stereocenters. The number of nitrogens with one attached hydrogen (secondary N) is 2. The van der Waals surface area contributed by atoms with E-state index in [1.54, 1.807) is 48.0 Å². The third-order valence-corrected chi connectivity index (χ3v) is 4.74. The molecular formula is C22H25N5O4S. The van der Waals surface area contributed by atoms with Gasteiger partial charge >= 0.3 is 0 Å². The van der Waals surface area contributed by atoms with Crippen LogP contribution >= 0.6 is 11.3 Å². The number of carbonyl (C=O) groups excluding carboxylic acids is 1. The monoisotopic (exact) mass is 455 g/mol. The number of anilines is 3. The summed E-state index contributed by atoms with van der Waals surface area (Å²) in [6, 6.07) is 12.5. The Morgan fingerprint density at radius 3 is 2.56 bits per heavy atom. The van der Waals surface area contributed by atoms with Gasteiger partial charge in [-0.1, -0.05) is 0 Å². The molecule has 168 valence electrons. The van der Waals surface area contributed by atoms with Crippen LogP contribution in [0.1, 0.15) is 19.4 Å². The minimum atomic E-state index is -0.283. The number of hydrazone groups is 1. The third kappa shape index (κ3) is 6.88. The van der Waals surface area contributed by atoms with Crippen molar-refractivity contribution in [2.24, 2.45) is 5.10 Å². The van der Waals surface area contributed by atoms with Crippen LogP contribution in [0, 0.1) is 0 Å². The lowest BCUT2D eigenvalue weighted by atomic mass is 10.2. The van der Waals surface area contributed by atoms with E-state index in [-0.39, 0.29) is 12.5 Å². The Hall–Kier alpha value is -3.79. The van der Waals surface area contributed by atoms with Crippen molar-refractivity contribution >= 4 is 40.1 Å². The number of carbonyl (C=O) groups is 1. The van der Waals surface area contributed by atoms with Crippen molar-refractivity contribution in [3.63, 3.8) is 0 Å². The summed E-state index contributed by atoms with van der Waals surface area (Å²) in [4.78, 5) is 16.3. The predicted molar refractivity (Wildman–Crippen MR) is 127 cm³/mol. The van der Waals surface area contributed by atoms with Crippen LogP contribution in [0.15, 0.2) is 52.9 Å². The Morgan fingerprint density at radius 1 is 1.09 bits per heavy atom. The number of nitrogens with zero attached hydrogens (tertiary/aromatic N) is 2. The Balaban J connectivity index is 1.57. The van der Waals surface area contributed by atoms with Crippen molar-refractivity contribution in [3.8, 4) is 17.2 Å². The zero-order valence-electron chi connectivity index (χ0n) is 17.8. The van der Waals surface area contributed by atoms with E-state index in [0.717, 1.165) is 11.3 Å². The highest BCUT2D eigenvalue weighted by atomic mass is 32.1. The molecule has 2 aromatic carbocycles. The molecule has 10 heteroatoms. The number of thiazole rings is 1. The van der Waals surface area contributed by atoms with Gasteiger partial charge in [0.2, 0.25) is 5.13 Å². The van der Waals surface area contributed by atoms with Crippen molar-refractivity contribution in [1.29, 1.82) is 0 Å². The fraction of sp³-hybridized carbons (Fsp3) is 0.227. The highest BCUT2D eigenvalue weighted by molar-refractivity contribution is 7.14. The van der Waals surface area contributed by atoms with E-state index in [0.29, 0.717) is 41.3 Å². The summed E-state index contributed by atoms with van der Waals surface area (Å²) in [6.45, 7) is 4.67. The summed E-state index contributed by atoms with van der Waals surface area (Å²) in [5.41, 5.74) is 9.85. The van der Waals surface area contributed by atoms with E-state index < -0.39 is 0 Å². The minimum absolute atomic E-state index is 0.159. The first kappa shape index (κ1) is 22.9. The van der Waals surface area contributed by atoms with Gasteiger partial charge in [-0.05, 0) is 61.9 Å². The molecule has 0 aliphatic rings. The van der Waals surface area contributed by atoms with Gasteiger partial charge in [0.1, 0.15) is 11.6 Å². The first-order valence-corrected chi connectivity index (χ1v) is 10.9. The summed E-state index contributed by atoms with van der Waals surface area (Å²) < 4.78 is 16.7. The van der Waals surface area contributed by atoms with Gasteiger partial charge in [0.05, 0.1) is 19.4 Å². The Labute approximate surface area is 190 Å². The molecule has 9 nitrogen and oxygen atoms in total. The van der Waals surface area contributed by atoms with Gasteiger partial charge in [0, 0.05) is 11.1 Å². The standard InChI is InChI=1S/C22H25N5O4S/c1-3-29-17-8-6-16(7-9-17)25-21(28)13-31-18-10-5-15(11-19(18)30-4-2)12-24-27-22-26-20(23)14-32-22/h5-12,14H,3-4,13,23H2,1-2H3,(H,25,28)(H,26,27). The lowest BCUT2D eigenvalue weighted by Crippen LogP contribution is -2.20. The number of rotatable bonds is 11. The quantitative estimate of drug-likeness (QED) is 0.295. The number of ether oxygens (including phenoxy) is 3. The molecule has 0 spiro atoms. The van der Waals surface area contributed by atoms with Gasteiger partial charge < -0.3 is 25.3 Å². The predicted octanol–water partition coefficient (Wildman–Crippen LogP) is 3.99. The SMILES string of the molecule is CCOc1ccc(NC(=O)COc2ccc(C=NNc3nc(N)cs3)cc2OCC)cc1. The molecule has 1 aromatic heterocycles. The molecule has 4 N–H and O–H groups in total. The fourth-order valence-corrected chi connectivity index (χ4v) is 3.18. The van der Waals surface area contributed by atoms with Crippen LogP contribution in [-0.4, -0.2) is 36.9 Å². The van der Waals surface area contributed by atoms with Crippen LogP contribution in [0.4, 0.5) is 16.6 Å². The smallest absolute Gasteiger partial charge is 0.262 e. The van der Waals surface area contributed by atoms with Gasteiger partial charge in [-0.15, -0.1) is 11.3 Å². The summed E-state index contributed by atoms with van der Waals surface area (Å²) in [5.74, 6) is 1.89. The Kier molecular flexibility index (Phi) is 8.27. The van der Waals surface area contributed by atoms with Crippen LogP contribution in [0.25, 0.3) is 0 Å². The highest BCUT2D eigenvalue weighted by Crippen LogP contribution is 2.28. The fourth-order valence-electron chi connectivity index (χ4n) is 2.63. The number of hydrogen-bond donors (Lipinski definition) is 3. The molecule has 0 aliphatic carbocycles. The first-order valence-electron chi connectivity index (χ1n) is 9.99. The third-order valence-electron chi connectivity index (χ3n) is 3.97. The molecule has 3 aromatic rings. The molecule has 0 bridgehead atoms. The van der Waals surface area contributed by atoms with Crippen molar-refractivity contribution in [2.75, 3.05) is 36.3 Å². The average Bonchev–Trinajstić information content (AvgIpc) is 3.20. The number of aromatic nitrogens is 1. The number of hydrogen-bond acceptors (Lipinski definition) is 9. The van der Waals surface area contributed by atoms with Crippen LogP contribution in [0.2, 0.25) is 0 Å². The maximum Gasteiger partial charge on any atom is 0.262 e. The van der Waals surface area contributed by atoms with Gasteiger partial charge in [-0.3, -0.25) is 10.2 Å². The normalized spacial score (nSPS) is 10.7. The molecule has 0 radical (unpaired) electrons. The van der Waals surface area contributed by atoms with Gasteiger partial charge in [-0.25, -0.2) is 4.98 Å². The lowest BCUT2D eigenvalue weighted by molar-refractivity contribution is -0.118. The largest absolute Gasteiger partial charge is 0.494 e. The molecule has 1 heterocycles. The summed E-state index contributed by atoms with van der Waals surface area (Å²) >= 11 is 1.36. The van der Waals surface area contributed by atoms with Crippen LogP contribution in [0.5, 0.6) is 17.2 Å². The Morgan fingerprint density at radius 2 is 1.88 bits per heavy atom. The maximum absolute atomic E-state index is 12.3. The average molecular weight is 456 g/mol. The van der Waals surface area contributed by atoms with E-state index in [1.807, 2.05) is 19.9 Å². The highest BCUT2D eigenvalue weighted by Gasteiger charge is 2.10. The van der Waals surface area contributed by atoms with E-state index in [1.165, 1.54) is 11.3 Å². The topological polar surface area (TPSA) is 120 Å². The summed E-state index contributed by atoms with van der Waals surface area (Å²) in [5, 5.41) is 9.25. The number of amides is 1. The van der Waals surface area contributed by atoms with Crippen molar-refractivity contribution in [3.05, 3.63) is 53.4 Å².